The van der Waals surface area contributed by atoms with Crippen LogP contribution in [0.3, 0.4) is 0 Å². The molecule has 1 amide bonds. The first kappa shape index (κ1) is 20.8. The Kier molecular flexibility index (Phi) is 6.74. The maximum Gasteiger partial charge on any atom is 0.252 e. The number of hydrogen-bond acceptors (Lipinski definition) is 5. The Morgan fingerprint density at radius 1 is 1.25 bits per heavy atom. The summed E-state index contributed by atoms with van der Waals surface area (Å²) >= 11 is 1.24. The number of amides is 1. The van der Waals surface area contributed by atoms with Crippen LogP contribution >= 0.6 is 11.3 Å². The van der Waals surface area contributed by atoms with E-state index in [-0.39, 0.29) is 17.7 Å². The standard InChI is InChI=1S/C20H26N2O4S2/c1-15(20(23)21-14-16-5-7-18(26-2)8-6-16)17-9-11-22(12-10-17)28(24,25)19-4-3-13-27-19/h3-8,13,15,17H,9-12,14H2,1-2H3,(H,21,23)/t15-/m1/s1. The van der Waals surface area contributed by atoms with Crippen LogP contribution < -0.4 is 10.1 Å². The van der Waals surface area contributed by atoms with Gasteiger partial charge in [0.2, 0.25) is 5.91 Å². The topological polar surface area (TPSA) is 75.7 Å². The smallest absolute Gasteiger partial charge is 0.252 e. The Balaban J connectivity index is 1.50. The average Bonchev–Trinajstić information content (AvgIpc) is 3.28. The van der Waals surface area contributed by atoms with E-state index < -0.39 is 10.0 Å². The predicted octanol–water partition coefficient (Wildman–Crippen LogP) is 3.11. The number of benzene rings is 1. The molecule has 1 fully saturated rings. The lowest BCUT2D eigenvalue weighted by atomic mass is 9.85. The number of nitrogens with one attached hydrogen (secondary N) is 1. The van der Waals surface area contributed by atoms with Crippen molar-refractivity contribution in [3.8, 4) is 5.75 Å². The highest BCUT2D eigenvalue weighted by atomic mass is 32.2. The van der Waals surface area contributed by atoms with Gasteiger partial charge in [-0.05, 0) is 47.9 Å². The van der Waals surface area contributed by atoms with E-state index in [2.05, 4.69) is 5.32 Å². The lowest BCUT2D eigenvalue weighted by Crippen LogP contribution is -2.42. The van der Waals surface area contributed by atoms with Crippen molar-refractivity contribution in [2.75, 3.05) is 20.2 Å². The summed E-state index contributed by atoms with van der Waals surface area (Å²) < 4.78 is 32.3. The first-order chi connectivity index (χ1) is 13.4. The van der Waals surface area contributed by atoms with Gasteiger partial charge in [0, 0.05) is 25.6 Å². The molecule has 1 aliphatic heterocycles. The van der Waals surface area contributed by atoms with Crippen LogP contribution in [0.1, 0.15) is 25.3 Å². The minimum Gasteiger partial charge on any atom is -0.497 e. The second-order valence-corrected chi connectivity index (χ2v) is 10.1. The van der Waals surface area contributed by atoms with Crippen molar-refractivity contribution >= 4 is 27.3 Å². The van der Waals surface area contributed by atoms with Gasteiger partial charge in [-0.2, -0.15) is 4.31 Å². The SMILES string of the molecule is COc1ccc(CNC(=O)[C@H](C)C2CCN(S(=O)(=O)c3cccs3)CC2)cc1. The van der Waals surface area contributed by atoms with Crippen molar-refractivity contribution in [1.82, 2.24) is 9.62 Å². The maximum atomic E-state index is 12.6. The minimum atomic E-state index is -3.40. The van der Waals surface area contributed by atoms with Crippen LogP contribution in [-0.4, -0.2) is 38.8 Å². The van der Waals surface area contributed by atoms with Crippen molar-refractivity contribution in [2.24, 2.45) is 11.8 Å². The number of carbonyl (C=O) groups is 1. The van der Waals surface area contributed by atoms with Crippen LogP contribution in [0.25, 0.3) is 0 Å². The summed E-state index contributed by atoms with van der Waals surface area (Å²) in [5.41, 5.74) is 1.01. The van der Waals surface area contributed by atoms with Gasteiger partial charge in [0.05, 0.1) is 7.11 Å². The molecule has 152 valence electrons. The van der Waals surface area contributed by atoms with E-state index >= 15 is 0 Å². The van der Waals surface area contributed by atoms with Gasteiger partial charge in [0.15, 0.2) is 0 Å². The number of hydrogen-bond donors (Lipinski definition) is 1. The third-order valence-corrected chi connectivity index (χ3v) is 8.61. The average molecular weight is 423 g/mol. The molecule has 0 spiro atoms. The van der Waals surface area contributed by atoms with E-state index in [1.807, 2.05) is 31.2 Å². The molecule has 8 heteroatoms. The number of rotatable bonds is 7. The van der Waals surface area contributed by atoms with Crippen LogP contribution in [0.4, 0.5) is 0 Å². The van der Waals surface area contributed by atoms with Crippen LogP contribution in [0, 0.1) is 11.8 Å². The molecule has 0 unspecified atom stereocenters. The molecule has 1 aromatic heterocycles. The molecule has 6 nitrogen and oxygen atoms in total. The normalized spacial score (nSPS) is 17.2. The highest BCUT2D eigenvalue weighted by molar-refractivity contribution is 7.91. The lowest BCUT2D eigenvalue weighted by Gasteiger charge is -2.33. The second-order valence-electron chi connectivity index (χ2n) is 7.03. The maximum absolute atomic E-state index is 12.6. The molecular formula is C20H26N2O4S2. The summed E-state index contributed by atoms with van der Waals surface area (Å²) in [4.78, 5) is 12.5. The van der Waals surface area contributed by atoms with Crippen molar-refractivity contribution in [2.45, 2.75) is 30.5 Å². The lowest BCUT2D eigenvalue weighted by molar-refractivity contribution is -0.126. The predicted molar refractivity (Wildman–Crippen MR) is 110 cm³/mol. The zero-order chi connectivity index (χ0) is 20.1. The zero-order valence-corrected chi connectivity index (χ0v) is 17.8. The molecule has 0 bridgehead atoms. The highest BCUT2D eigenvalue weighted by Crippen LogP contribution is 2.30. The number of carbonyl (C=O) groups excluding carboxylic acids is 1. The van der Waals surface area contributed by atoms with Gasteiger partial charge >= 0.3 is 0 Å². The fourth-order valence-electron chi connectivity index (χ4n) is 3.46. The first-order valence-electron chi connectivity index (χ1n) is 9.36. The molecule has 2 aromatic rings. The van der Waals surface area contributed by atoms with Gasteiger partial charge in [-0.25, -0.2) is 8.42 Å². The van der Waals surface area contributed by atoms with Gasteiger partial charge in [-0.1, -0.05) is 25.1 Å². The number of ether oxygens (including phenoxy) is 1. The summed E-state index contributed by atoms with van der Waals surface area (Å²) in [6.45, 7) is 3.32. The monoisotopic (exact) mass is 422 g/mol. The van der Waals surface area contributed by atoms with Crippen molar-refractivity contribution in [3.63, 3.8) is 0 Å². The summed E-state index contributed by atoms with van der Waals surface area (Å²) in [6, 6.07) is 11.0. The number of thiophene rings is 1. The molecule has 1 aromatic carbocycles. The van der Waals surface area contributed by atoms with Crippen LogP contribution in [-0.2, 0) is 21.4 Å². The van der Waals surface area contributed by atoms with Gasteiger partial charge in [0.1, 0.15) is 9.96 Å². The van der Waals surface area contributed by atoms with Crippen LogP contribution in [0.5, 0.6) is 5.75 Å². The molecule has 0 saturated carbocycles. The molecular weight excluding hydrogens is 396 g/mol. The Morgan fingerprint density at radius 3 is 2.50 bits per heavy atom. The molecule has 2 heterocycles. The Morgan fingerprint density at radius 2 is 1.93 bits per heavy atom. The molecule has 0 aliphatic carbocycles. The van der Waals surface area contributed by atoms with E-state index in [4.69, 9.17) is 4.74 Å². The Hall–Kier alpha value is -1.90. The number of nitrogens with zero attached hydrogens (tertiary/aromatic N) is 1. The van der Waals surface area contributed by atoms with Gasteiger partial charge in [0.25, 0.3) is 10.0 Å². The Labute approximate surface area is 170 Å². The first-order valence-corrected chi connectivity index (χ1v) is 11.7. The molecule has 1 saturated heterocycles. The van der Waals surface area contributed by atoms with E-state index in [9.17, 15) is 13.2 Å². The van der Waals surface area contributed by atoms with E-state index in [0.29, 0.717) is 36.7 Å². The highest BCUT2D eigenvalue weighted by Gasteiger charge is 2.33. The van der Waals surface area contributed by atoms with Gasteiger partial charge < -0.3 is 10.1 Å². The Bertz CT molecular complexity index is 871. The van der Waals surface area contributed by atoms with Crippen molar-refractivity contribution < 1.29 is 17.9 Å². The molecule has 1 atom stereocenters. The van der Waals surface area contributed by atoms with Gasteiger partial charge in [-0.15, -0.1) is 11.3 Å². The molecule has 0 radical (unpaired) electrons. The summed E-state index contributed by atoms with van der Waals surface area (Å²) in [5.74, 6) is 0.832. The molecule has 1 aliphatic rings. The molecule has 28 heavy (non-hydrogen) atoms. The van der Waals surface area contributed by atoms with Crippen molar-refractivity contribution in [3.05, 3.63) is 47.3 Å². The van der Waals surface area contributed by atoms with E-state index in [1.165, 1.54) is 15.6 Å². The second kappa shape index (κ2) is 9.07. The van der Waals surface area contributed by atoms with Crippen LogP contribution in [0.2, 0.25) is 0 Å². The van der Waals surface area contributed by atoms with Crippen LogP contribution in [0.15, 0.2) is 46.0 Å². The number of piperidine rings is 1. The molecule has 3 rings (SSSR count). The fourth-order valence-corrected chi connectivity index (χ4v) is 6.08. The third-order valence-electron chi connectivity index (χ3n) is 5.33. The third kappa shape index (κ3) is 4.74. The van der Waals surface area contributed by atoms with Gasteiger partial charge in [-0.3, -0.25) is 4.79 Å². The summed E-state index contributed by atoms with van der Waals surface area (Å²) in [6.07, 6.45) is 1.39. The largest absolute Gasteiger partial charge is 0.497 e. The molecule has 1 N–H and O–H groups in total. The minimum absolute atomic E-state index is 0.00961. The summed E-state index contributed by atoms with van der Waals surface area (Å²) in [7, 11) is -1.78. The summed E-state index contributed by atoms with van der Waals surface area (Å²) in [5, 5.41) is 4.76. The zero-order valence-electron chi connectivity index (χ0n) is 16.1. The number of methoxy groups -OCH3 is 1. The fraction of sp³-hybridized carbons (Fsp3) is 0.450. The van der Waals surface area contributed by atoms with E-state index in [0.717, 1.165) is 11.3 Å². The van der Waals surface area contributed by atoms with Crippen molar-refractivity contribution in [1.29, 1.82) is 0 Å². The quantitative estimate of drug-likeness (QED) is 0.744. The van der Waals surface area contributed by atoms with E-state index in [1.54, 1.807) is 24.6 Å². The number of sulfonamides is 1.